The summed E-state index contributed by atoms with van der Waals surface area (Å²) in [6, 6.07) is 1.58. The summed E-state index contributed by atoms with van der Waals surface area (Å²) in [5.41, 5.74) is 0.852. The van der Waals surface area contributed by atoms with Crippen molar-refractivity contribution >= 4 is 28.8 Å². The SMILES string of the molecule is O=C1CN(c2ccsc2)C(=O)C(C2CCCCC2)N1. The molecule has 1 aromatic rings. The van der Waals surface area contributed by atoms with Gasteiger partial charge in [0.2, 0.25) is 11.8 Å². The molecule has 2 fully saturated rings. The molecule has 4 nitrogen and oxygen atoms in total. The van der Waals surface area contributed by atoms with Crippen LogP contribution < -0.4 is 10.2 Å². The van der Waals surface area contributed by atoms with E-state index in [1.807, 2.05) is 16.8 Å². The molecular weight excluding hydrogens is 260 g/mol. The molecule has 1 atom stereocenters. The van der Waals surface area contributed by atoms with E-state index >= 15 is 0 Å². The largest absolute Gasteiger partial charge is 0.342 e. The Labute approximate surface area is 116 Å². The van der Waals surface area contributed by atoms with Crippen LogP contribution in [0.1, 0.15) is 32.1 Å². The van der Waals surface area contributed by atoms with Gasteiger partial charge in [-0.3, -0.25) is 9.59 Å². The lowest BCUT2D eigenvalue weighted by Gasteiger charge is -2.37. The first-order chi connectivity index (χ1) is 9.25. The zero-order chi connectivity index (χ0) is 13.2. The molecule has 1 N–H and O–H groups in total. The van der Waals surface area contributed by atoms with E-state index in [0.717, 1.165) is 18.5 Å². The minimum Gasteiger partial charge on any atom is -0.342 e. The van der Waals surface area contributed by atoms with Gasteiger partial charge in [0.15, 0.2) is 0 Å². The van der Waals surface area contributed by atoms with Crippen LogP contribution in [0.15, 0.2) is 16.8 Å². The average Bonchev–Trinajstić information content (AvgIpc) is 2.96. The third kappa shape index (κ3) is 2.52. The highest BCUT2D eigenvalue weighted by Crippen LogP contribution is 2.30. The van der Waals surface area contributed by atoms with Crippen molar-refractivity contribution in [1.82, 2.24) is 5.32 Å². The predicted octanol–water partition coefficient (Wildman–Crippen LogP) is 2.16. The van der Waals surface area contributed by atoms with E-state index in [-0.39, 0.29) is 24.4 Å². The number of amides is 2. The summed E-state index contributed by atoms with van der Waals surface area (Å²) in [4.78, 5) is 26.1. The molecule has 102 valence electrons. The molecule has 3 rings (SSSR count). The molecule has 1 saturated carbocycles. The lowest BCUT2D eigenvalue weighted by atomic mass is 9.82. The summed E-state index contributed by atoms with van der Waals surface area (Å²) >= 11 is 1.55. The van der Waals surface area contributed by atoms with Crippen molar-refractivity contribution in [3.8, 4) is 0 Å². The number of piperazine rings is 1. The second kappa shape index (κ2) is 5.33. The van der Waals surface area contributed by atoms with E-state index in [2.05, 4.69) is 5.32 Å². The minimum atomic E-state index is -0.318. The maximum absolute atomic E-state index is 12.6. The highest BCUT2D eigenvalue weighted by molar-refractivity contribution is 7.08. The van der Waals surface area contributed by atoms with Gasteiger partial charge in [-0.25, -0.2) is 0 Å². The van der Waals surface area contributed by atoms with E-state index in [9.17, 15) is 9.59 Å². The lowest BCUT2D eigenvalue weighted by Crippen LogP contribution is -2.60. The number of carbonyl (C=O) groups excluding carboxylic acids is 2. The fourth-order valence-corrected chi connectivity index (χ4v) is 3.73. The Morgan fingerprint density at radius 3 is 2.68 bits per heavy atom. The van der Waals surface area contributed by atoms with Gasteiger partial charge in [-0.15, -0.1) is 0 Å². The smallest absolute Gasteiger partial charge is 0.250 e. The number of hydrogen-bond donors (Lipinski definition) is 1. The molecule has 0 spiro atoms. The Morgan fingerprint density at radius 1 is 1.21 bits per heavy atom. The number of thiophene rings is 1. The van der Waals surface area contributed by atoms with E-state index in [0.29, 0.717) is 5.92 Å². The van der Waals surface area contributed by atoms with Crippen LogP contribution in [0.25, 0.3) is 0 Å². The van der Waals surface area contributed by atoms with Crippen molar-refractivity contribution in [2.75, 3.05) is 11.4 Å². The molecule has 2 heterocycles. The molecule has 1 aromatic heterocycles. The van der Waals surface area contributed by atoms with Crippen LogP contribution in [0.4, 0.5) is 5.69 Å². The van der Waals surface area contributed by atoms with Crippen molar-refractivity contribution in [2.45, 2.75) is 38.1 Å². The Bertz CT molecular complexity index is 466. The van der Waals surface area contributed by atoms with Gasteiger partial charge in [-0.1, -0.05) is 19.3 Å². The molecule has 2 amide bonds. The second-order valence-electron chi connectivity index (χ2n) is 5.35. The summed E-state index contributed by atoms with van der Waals surface area (Å²) < 4.78 is 0. The Morgan fingerprint density at radius 2 is 2.00 bits per heavy atom. The summed E-state index contributed by atoms with van der Waals surface area (Å²) in [6.07, 6.45) is 5.69. The Balaban J connectivity index is 1.80. The summed E-state index contributed by atoms with van der Waals surface area (Å²) in [6.45, 7) is 0.152. The zero-order valence-corrected chi connectivity index (χ0v) is 11.6. The van der Waals surface area contributed by atoms with Crippen molar-refractivity contribution in [2.24, 2.45) is 5.92 Å². The first kappa shape index (κ1) is 12.7. The Kier molecular flexibility index (Phi) is 3.55. The summed E-state index contributed by atoms with van der Waals surface area (Å²) in [7, 11) is 0. The van der Waals surface area contributed by atoms with E-state index < -0.39 is 0 Å². The first-order valence-corrected chi connectivity index (χ1v) is 7.83. The molecule has 0 radical (unpaired) electrons. The van der Waals surface area contributed by atoms with Crippen molar-refractivity contribution in [3.05, 3.63) is 16.8 Å². The molecule has 1 aliphatic carbocycles. The minimum absolute atomic E-state index is 0.0404. The van der Waals surface area contributed by atoms with E-state index in [1.165, 1.54) is 19.3 Å². The number of nitrogens with zero attached hydrogens (tertiary/aromatic N) is 1. The normalized spacial score (nSPS) is 25.5. The van der Waals surface area contributed by atoms with Crippen LogP contribution in [0.5, 0.6) is 0 Å². The molecule has 1 aliphatic heterocycles. The number of hydrogen-bond acceptors (Lipinski definition) is 3. The molecule has 0 bridgehead atoms. The fourth-order valence-electron chi connectivity index (χ4n) is 3.09. The number of anilines is 1. The molecule has 1 unspecified atom stereocenters. The maximum atomic E-state index is 12.6. The number of nitrogens with one attached hydrogen (secondary N) is 1. The van der Waals surface area contributed by atoms with Gasteiger partial charge in [-0.2, -0.15) is 11.3 Å². The van der Waals surface area contributed by atoms with Gasteiger partial charge in [0.1, 0.15) is 12.6 Å². The topological polar surface area (TPSA) is 49.4 Å². The highest BCUT2D eigenvalue weighted by Gasteiger charge is 2.38. The van der Waals surface area contributed by atoms with Gasteiger partial charge < -0.3 is 10.2 Å². The van der Waals surface area contributed by atoms with Gasteiger partial charge in [0.05, 0.1) is 5.69 Å². The maximum Gasteiger partial charge on any atom is 0.250 e. The van der Waals surface area contributed by atoms with Crippen LogP contribution >= 0.6 is 11.3 Å². The van der Waals surface area contributed by atoms with E-state index in [4.69, 9.17) is 0 Å². The van der Waals surface area contributed by atoms with Crippen LogP contribution in [0.2, 0.25) is 0 Å². The molecule has 0 aromatic carbocycles. The van der Waals surface area contributed by atoms with Crippen molar-refractivity contribution in [3.63, 3.8) is 0 Å². The Hall–Kier alpha value is -1.36. The first-order valence-electron chi connectivity index (χ1n) is 6.88. The van der Waals surface area contributed by atoms with Crippen molar-refractivity contribution < 1.29 is 9.59 Å². The van der Waals surface area contributed by atoms with Crippen LogP contribution in [0.3, 0.4) is 0 Å². The summed E-state index contributed by atoms with van der Waals surface area (Å²) in [5, 5.41) is 6.76. The van der Waals surface area contributed by atoms with Crippen molar-refractivity contribution in [1.29, 1.82) is 0 Å². The van der Waals surface area contributed by atoms with Gasteiger partial charge in [0, 0.05) is 5.38 Å². The van der Waals surface area contributed by atoms with Crippen LogP contribution in [0, 0.1) is 5.92 Å². The standard InChI is InChI=1S/C14H18N2O2S/c17-12-8-16(11-6-7-19-9-11)14(18)13(15-12)10-4-2-1-3-5-10/h6-7,9-10,13H,1-5,8H2,(H,15,17). The van der Waals surface area contributed by atoms with Crippen LogP contribution in [-0.4, -0.2) is 24.4 Å². The third-order valence-corrected chi connectivity index (χ3v) is 4.76. The van der Waals surface area contributed by atoms with Gasteiger partial charge in [-0.05, 0) is 30.2 Å². The lowest BCUT2D eigenvalue weighted by molar-refractivity contribution is -0.132. The van der Waals surface area contributed by atoms with Crippen LogP contribution in [-0.2, 0) is 9.59 Å². The fraction of sp³-hybridized carbons (Fsp3) is 0.571. The predicted molar refractivity (Wildman–Crippen MR) is 75.2 cm³/mol. The van der Waals surface area contributed by atoms with Gasteiger partial charge >= 0.3 is 0 Å². The molecule has 2 aliphatic rings. The highest BCUT2D eigenvalue weighted by atomic mass is 32.1. The molecule has 1 saturated heterocycles. The quantitative estimate of drug-likeness (QED) is 0.901. The number of carbonyl (C=O) groups is 2. The van der Waals surface area contributed by atoms with E-state index in [1.54, 1.807) is 16.2 Å². The molecule has 5 heteroatoms. The zero-order valence-electron chi connectivity index (χ0n) is 10.8. The monoisotopic (exact) mass is 278 g/mol. The third-order valence-electron chi connectivity index (χ3n) is 4.09. The summed E-state index contributed by atoms with van der Waals surface area (Å²) in [5.74, 6) is 0.331. The average molecular weight is 278 g/mol. The molecule has 19 heavy (non-hydrogen) atoms. The number of rotatable bonds is 2. The second-order valence-corrected chi connectivity index (χ2v) is 6.13. The van der Waals surface area contributed by atoms with Gasteiger partial charge in [0.25, 0.3) is 0 Å². The molecular formula is C14H18N2O2S.